The Hall–Kier alpha value is -2.00. The molecule has 0 saturated carbocycles. The van der Waals surface area contributed by atoms with Gasteiger partial charge in [-0.2, -0.15) is 9.40 Å². The molecule has 0 radical (unpaired) electrons. The third kappa shape index (κ3) is 2.71. The summed E-state index contributed by atoms with van der Waals surface area (Å²) in [5.74, 6) is -0.252. The summed E-state index contributed by atoms with van der Waals surface area (Å²) in [7, 11) is -2.37. The Bertz CT molecular complexity index is 671. The highest BCUT2D eigenvalue weighted by molar-refractivity contribution is 7.89. The summed E-state index contributed by atoms with van der Waals surface area (Å²) in [6, 6.07) is 3.27. The number of nitrogens with two attached hydrogens (primary N) is 1. The van der Waals surface area contributed by atoms with E-state index in [0.29, 0.717) is 5.82 Å². The van der Waals surface area contributed by atoms with Gasteiger partial charge < -0.3 is 5.73 Å². The molecule has 0 aliphatic heterocycles. The van der Waals surface area contributed by atoms with Crippen LogP contribution >= 0.6 is 0 Å². The number of aromatic amines is 1. The van der Waals surface area contributed by atoms with Gasteiger partial charge in [0.15, 0.2) is 0 Å². The number of anilines is 1. The van der Waals surface area contributed by atoms with Crippen molar-refractivity contribution in [1.82, 2.24) is 19.5 Å². The van der Waals surface area contributed by atoms with Crippen LogP contribution in [-0.4, -0.2) is 35.0 Å². The molecule has 0 aliphatic carbocycles. The molecule has 2 aromatic rings. The van der Waals surface area contributed by atoms with Crippen molar-refractivity contribution in [3.8, 4) is 0 Å². The van der Waals surface area contributed by atoms with Crippen molar-refractivity contribution in [2.45, 2.75) is 11.4 Å². The van der Waals surface area contributed by atoms with Gasteiger partial charge in [-0.05, 0) is 18.2 Å². The zero-order valence-corrected chi connectivity index (χ0v) is 10.9. The van der Waals surface area contributed by atoms with E-state index in [1.165, 1.54) is 13.4 Å². The van der Waals surface area contributed by atoms with Gasteiger partial charge in [0.1, 0.15) is 18.0 Å². The molecule has 0 atom stereocenters. The Labute approximate surface area is 109 Å². The molecule has 0 aliphatic rings. The van der Waals surface area contributed by atoms with Crippen LogP contribution in [-0.2, 0) is 16.6 Å². The molecule has 0 saturated heterocycles. The average molecular weight is 285 g/mol. The summed E-state index contributed by atoms with van der Waals surface area (Å²) in [4.78, 5) is 3.76. The Morgan fingerprint density at radius 3 is 2.79 bits per heavy atom. The summed E-state index contributed by atoms with van der Waals surface area (Å²) < 4.78 is 38.5. The quantitative estimate of drug-likeness (QED) is 0.788. The van der Waals surface area contributed by atoms with Crippen LogP contribution in [0, 0.1) is 5.82 Å². The van der Waals surface area contributed by atoms with Gasteiger partial charge >= 0.3 is 0 Å². The van der Waals surface area contributed by atoms with Crippen molar-refractivity contribution in [2.24, 2.45) is 0 Å². The SMILES string of the molecule is CN(Cc1ncn[nH]1)S(=O)(=O)c1ccc(F)c(N)c1. The first-order valence-corrected chi connectivity index (χ1v) is 6.71. The molecule has 7 nitrogen and oxygen atoms in total. The van der Waals surface area contributed by atoms with Crippen molar-refractivity contribution in [1.29, 1.82) is 0 Å². The van der Waals surface area contributed by atoms with Gasteiger partial charge in [-0.15, -0.1) is 0 Å². The molecule has 0 bridgehead atoms. The Kier molecular flexibility index (Phi) is 3.49. The van der Waals surface area contributed by atoms with Gasteiger partial charge in [0.25, 0.3) is 0 Å². The molecule has 19 heavy (non-hydrogen) atoms. The van der Waals surface area contributed by atoms with Gasteiger partial charge in [-0.3, -0.25) is 5.10 Å². The summed E-state index contributed by atoms with van der Waals surface area (Å²) in [5.41, 5.74) is 5.15. The fraction of sp³-hybridized carbons (Fsp3) is 0.200. The van der Waals surface area contributed by atoms with Crippen LogP contribution in [0.2, 0.25) is 0 Å². The second-order valence-corrected chi connectivity index (χ2v) is 5.92. The first kappa shape index (κ1) is 13.4. The smallest absolute Gasteiger partial charge is 0.243 e. The van der Waals surface area contributed by atoms with Crippen LogP contribution in [0.15, 0.2) is 29.4 Å². The van der Waals surface area contributed by atoms with E-state index in [2.05, 4.69) is 15.2 Å². The van der Waals surface area contributed by atoms with Crippen LogP contribution < -0.4 is 5.73 Å². The third-order valence-electron chi connectivity index (χ3n) is 2.51. The van der Waals surface area contributed by atoms with E-state index in [4.69, 9.17) is 5.73 Å². The van der Waals surface area contributed by atoms with Crippen molar-refractivity contribution >= 4 is 15.7 Å². The normalized spacial score (nSPS) is 11.9. The molecule has 0 unspecified atom stereocenters. The standard InChI is InChI=1S/C10H12FN5O2S/c1-16(5-10-13-6-14-15-10)19(17,18)7-2-3-8(11)9(12)4-7/h2-4,6H,5,12H2,1H3,(H,13,14,15). The van der Waals surface area contributed by atoms with Crippen molar-refractivity contribution in [3.63, 3.8) is 0 Å². The number of rotatable bonds is 4. The predicted molar refractivity (Wildman–Crippen MR) is 65.8 cm³/mol. The summed E-state index contributed by atoms with van der Waals surface area (Å²) in [6.45, 7) is 0.0274. The van der Waals surface area contributed by atoms with Crippen molar-refractivity contribution in [3.05, 3.63) is 36.2 Å². The average Bonchev–Trinajstić information content (AvgIpc) is 2.85. The number of nitrogens with zero attached hydrogens (tertiary/aromatic N) is 3. The summed E-state index contributed by atoms with van der Waals surface area (Å²) >= 11 is 0. The first-order chi connectivity index (χ1) is 8.91. The number of aromatic nitrogens is 3. The number of nitrogens with one attached hydrogen (secondary N) is 1. The van der Waals surface area contributed by atoms with Gasteiger partial charge in [0.2, 0.25) is 10.0 Å². The lowest BCUT2D eigenvalue weighted by molar-refractivity contribution is 0.457. The molecule has 102 valence electrons. The number of hydrogen-bond donors (Lipinski definition) is 2. The molecule has 9 heteroatoms. The minimum Gasteiger partial charge on any atom is -0.396 e. The lowest BCUT2D eigenvalue weighted by Crippen LogP contribution is -2.27. The Balaban J connectivity index is 2.28. The maximum Gasteiger partial charge on any atom is 0.243 e. The van der Waals surface area contributed by atoms with Crippen LogP contribution in [0.5, 0.6) is 0 Å². The number of benzene rings is 1. The van der Waals surface area contributed by atoms with E-state index in [0.717, 1.165) is 22.5 Å². The third-order valence-corrected chi connectivity index (χ3v) is 4.31. The maximum atomic E-state index is 13.0. The van der Waals surface area contributed by atoms with E-state index in [9.17, 15) is 12.8 Å². The Morgan fingerprint density at radius 2 is 2.21 bits per heavy atom. The van der Waals surface area contributed by atoms with Crippen LogP contribution in [0.4, 0.5) is 10.1 Å². The van der Waals surface area contributed by atoms with Crippen molar-refractivity contribution in [2.75, 3.05) is 12.8 Å². The van der Waals surface area contributed by atoms with Crippen LogP contribution in [0.3, 0.4) is 0 Å². The zero-order valence-electron chi connectivity index (χ0n) is 10.0. The van der Waals surface area contributed by atoms with E-state index in [-0.39, 0.29) is 17.1 Å². The van der Waals surface area contributed by atoms with E-state index in [1.807, 2.05) is 0 Å². The van der Waals surface area contributed by atoms with E-state index in [1.54, 1.807) is 0 Å². The van der Waals surface area contributed by atoms with Crippen molar-refractivity contribution < 1.29 is 12.8 Å². The topological polar surface area (TPSA) is 105 Å². The minimum atomic E-state index is -3.76. The van der Waals surface area contributed by atoms with Gasteiger partial charge in [0.05, 0.1) is 17.1 Å². The summed E-state index contributed by atoms with van der Waals surface area (Å²) in [6.07, 6.45) is 1.28. The second kappa shape index (κ2) is 4.94. The monoisotopic (exact) mass is 285 g/mol. The molecule has 0 fully saturated rings. The van der Waals surface area contributed by atoms with Gasteiger partial charge in [0, 0.05) is 7.05 Å². The molecule has 3 N–H and O–H groups in total. The highest BCUT2D eigenvalue weighted by atomic mass is 32.2. The largest absolute Gasteiger partial charge is 0.396 e. The Morgan fingerprint density at radius 1 is 1.47 bits per heavy atom. The number of halogens is 1. The van der Waals surface area contributed by atoms with Crippen LogP contribution in [0.25, 0.3) is 0 Å². The molecule has 1 heterocycles. The highest BCUT2D eigenvalue weighted by Gasteiger charge is 2.22. The zero-order chi connectivity index (χ0) is 14.0. The lowest BCUT2D eigenvalue weighted by atomic mass is 10.3. The van der Waals surface area contributed by atoms with Crippen LogP contribution in [0.1, 0.15) is 5.82 Å². The number of sulfonamides is 1. The van der Waals surface area contributed by atoms with Gasteiger partial charge in [-0.25, -0.2) is 17.8 Å². The maximum absolute atomic E-state index is 13.0. The summed E-state index contributed by atoms with van der Waals surface area (Å²) in [5, 5.41) is 6.19. The molecule has 1 aromatic carbocycles. The molecule has 0 amide bonds. The number of nitrogen functional groups attached to an aromatic ring is 1. The van der Waals surface area contributed by atoms with E-state index < -0.39 is 15.8 Å². The molecular formula is C10H12FN5O2S. The fourth-order valence-electron chi connectivity index (χ4n) is 1.47. The molecule has 1 aromatic heterocycles. The minimum absolute atomic E-state index is 0.0274. The molecular weight excluding hydrogens is 273 g/mol. The highest BCUT2D eigenvalue weighted by Crippen LogP contribution is 2.20. The van der Waals surface area contributed by atoms with Gasteiger partial charge in [-0.1, -0.05) is 0 Å². The number of hydrogen-bond acceptors (Lipinski definition) is 5. The molecule has 0 spiro atoms. The lowest BCUT2D eigenvalue weighted by Gasteiger charge is -2.16. The molecule has 2 rings (SSSR count). The second-order valence-electron chi connectivity index (χ2n) is 3.88. The first-order valence-electron chi connectivity index (χ1n) is 5.27. The number of H-pyrrole nitrogens is 1. The van der Waals surface area contributed by atoms with E-state index >= 15 is 0 Å². The predicted octanol–water partition coefficient (Wildman–Crippen LogP) is 0.347. The fourth-order valence-corrected chi connectivity index (χ4v) is 2.63.